The topological polar surface area (TPSA) is 85.2 Å². The van der Waals surface area contributed by atoms with Crippen molar-refractivity contribution in [2.24, 2.45) is 0 Å². The molecule has 0 atom stereocenters. The predicted octanol–water partition coefficient (Wildman–Crippen LogP) is 3.33. The van der Waals surface area contributed by atoms with Gasteiger partial charge in [-0.15, -0.1) is 0 Å². The van der Waals surface area contributed by atoms with Gasteiger partial charge in [-0.05, 0) is 35.6 Å². The molecule has 0 aromatic heterocycles. The van der Waals surface area contributed by atoms with E-state index >= 15 is 0 Å². The first kappa shape index (κ1) is 18.0. The van der Waals surface area contributed by atoms with E-state index in [0.29, 0.717) is 18.7 Å². The summed E-state index contributed by atoms with van der Waals surface area (Å²) in [6, 6.07) is 17.2. The summed E-state index contributed by atoms with van der Waals surface area (Å²) in [6.45, 7) is 0.702. The van der Waals surface area contributed by atoms with Crippen LogP contribution in [-0.2, 0) is 6.54 Å². The normalized spacial score (nSPS) is 15.2. The van der Waals surface area contributed by atoms with Crippen LogP contribution in [0, 0.1) is 11.3 Å². The van der Waals surface area contributed by atoms with Gasteiger partial charge in [0.25, 0.3) is 0 Å². The highest BCUT2D eigenvalue weighted by atomic mass is 16.3. The van der Waals surface area contributed by atoms with Crippen molar-refractivity contribution in [3.63, 3.8) is 0 Å². The van der Waals surface area contributed by atoms with Crippen LogP contribution >= 0.6 is 0 Å². The second-order valence-corrected chi connectivity index (χ2v) is 6.82. The smallest absolute Gasteiger partial charge is 0.315 e. The summed E-state index contributed by atoms with van der Waals surface area (Å²) < 4.78 is 0. The SMILES string of the molecule is N#Cc1ccccc1-c1ccc(CNC(=O)NCC2(O)CCCC2)cc1. The lowest BCUT2D eigenvalue weighted by molar-refractivity contribution is 0.0501. The number of carbonyl (C=O) groups excluding carboxylic acids is 1. The molecule has 3 N–H and O–H groups in total. The first-order valence-corrected chi connectivity index (χ1v) is 8.92. The number of benzene rings is 2. The van der Waals surface area contributed by atoms with Crippen LogP contribution in [0.2, 0.25) is 0 Å². The minimum Gasteiger partial charge on any atom is -0.388 e. The zero-order chi connectivity index (χ0) is 18.4. The van der Waals surface area contributed by atoms with Gasteiger partial charge >= 0.3 is 6.03 Å². The standard InChI is InChI=1S/C21H23N3O2/c22-13-18-5-1-2-6-19(18)17-9-7-16(8-10-17)14-23-20(25)24-15-21(26)11-3-4-12-21/h1-2,5-10,26H,3-4,11-12,14-15H2,(H2,23,24,25). The van der Waals surface area contributed by atoms with E-state index in [1.54, 1.807) is 6.07 Å². The van der Waals surface area contributed by atoms with Crippen LogP contribution < -0.4 is 10.6 Å². The molecule has 0 radical (unpaired) electrons. The van der Waals surface area contributed by atoms with E-state index in [0.717, 1.165) is 42.4 Å². The van der Waals surface area contributed by atoms with E-state index in [2.05, 4.69) is 16.7 Å². The highest BCUT2D eigenvalue weighted by Gasteiger charge is 2.31. The Balaban J connectivity index is 1.53. The van der Waals surface area contributed by atoms with Crippen LogP contribution in [0.25, 0.3) is 11.1 Å². The van der Waals surface area contributed by atoms with Crippen LogP contribution in [0.15, 0.2) is 48.5 Å². The number of nitrogens with zero attached hydrogens (tertiary/aromatic N) is 1. The van der Waals surface area contributed by atoms with Crippen molar-refractivity contribution in [2.45, 2.75) is 37.8 Å². The van der Waals surface area contributed by atoms with Crippen molar-refractivity contribution in [1.29, 1.82) is 5.26 Å². The van der Waals surface area contributed by atoms with Gasteiger partial charge in [0.2, 0.25) is 0 Å². The number of rotatable bonds is 5. The van der Waals surface area contributed by atoms with Crippen LogP contribution in [0.4, 0.5) is 4.79 Å². The lowest BCUT2D eigenvalue weighted by atomic mass is 9.99. The molecule has 0 heterocycles. The summed E-state index contributed by atoms with van der Waals surface area (Å²) >= 11 is 0. The number of carbonyl (C=O) groups is 1. The van der Waals surface area contributed by atoms with E-state index in [1.807, 2.05) is 42.5 Å². The Bertz CT molecular complexity index is 803. The van der Waals surface area contributed by atoms with Crippen molar-refractivity contribution in [3.05, 3.63) is 59.7 Å². The van der Waals surface area contributed by atoms with Gasteiger partial charge in [0.05, 0.1) is 17.2 Å². The second kappa shape index (κ2) is 8.03. The first-order chi connectivity index (χ1) is 12.6. The number of amides is 2. The lowest BCUT2D eigenvalue weighted by Gasteiger charge is -2.22. The Morgan fingerprint density at radius 2 is 1.77 bits per heavy atom. The molecule has 1 aliphatic rings. The third kappa shape index (κ3) is 4.41. The van der Waals surface area contributed by atoms with Crippen molar-refractivity contribution in [2.75, 3.05) is 6.54 Å². The Labute approximate surface area is 153 Å². The molecule has 1 aliphatic carbocycles. The molecule has 2 amide bonds. The molecule has 0 aliphatic heterocycles. The number of aliphatic hydroxyl groups is 1. The van der Waals surface area contributed by atoms with E-state index in [9.17, 15) is 15.2 Å². The van der Waals surface area contributed by atoms with E-state index in [-0.39, 0.29) is 6.03 Å². The third-order valence-electron chi connectivity index (χ3n) is 4.88. The quantitative estimate of drug-likeness (QED) is 0.774. The average Bonchev–Trinajstić information content (AvgIpc) is 3.12. The van der Waals surface area contributed by atoms with Gasteiger partial charge in [0.1, 0.15) is 0 Å². The first-order valence-electron chi connectivity index (χ1n) is 8.92. The van der Waals surface area contributed by atoms with Crippen LogP contribution in [0.3, 0.4) is 0 Å². The molecule has 2 aromatic carbocycles. The van der Waals surface area contributed by atoms with Gasteiger partial charge in [-0.25, -0.2) is 4.79 Å². The van der Waals surface area contributed by atoms with Crippen molar-refractivity contribution < 1.29 is 9.90 Å². The fraction of sp³-hybridized carbons (Fsp3) is 0.333. The second-order valence-electron chi connectivity index (χ2n) is 6.82. The van der Waals surface area contributed by atoms with Crippen molar-refractivity contribution >= 4 is 6.03 Å². The maximum absolute atomic E-state index is 11.9. The van der Waals surface area contributed by atoms with Crippen molar-refractivity contribution in [1.82, 2.24) is 10.6 Å². The zero-order valence-corrected chi connectivity index (χ0v) is 14.7. The van der Waals surface area contributed by atoms with Gasteiger partial charge in [0.15, 0.2) is 0 Å². The Kier molecular flexibility index (Phi) is 5.55. The summed E-state index contributed by atoms with van der Waals surface area (Å²) in [6.07, 6.45) is 3.53. The monoisotopic (exact) mass is 349 g/mol. The Morgan fingerprint density at radius 3 is 2.46 bits per heavy atom. The number of hydrogen-bond donors (Lipinski definition) is 3. The fourth-order valence-corrected chi connectivity index (χ4v) is 3.33. The molecule has 134 valence electrons. The molecule has 1 saturated carbocycles. The predicted molar refractivity (Wildman–Crippen MR) is 100 cm³/mol. The Hall–Kier alpha value is -2.84. The molecule has 2 aromatic rings. The molecule has 0 bridgehead atoms. The number of nitrogens with one attached hydrogen (secondary N) is 2. The molecule has 0 unspecified atom stereocenters. The van der Waals surface area contributed by atoms with Crippen LogP contribution in [-0.4, -0.2) is 23.3 Å². The average molecular weight is 349 g/mol. The lowest BCUT2D eigenvalue weighted by Crippen LogP contribution is -2.44. The van der Waals surface area contributed by atoms with E-state index in [4.69, 9.17) is 0 Å². The number of nitriles is 1. The molecule has 3 rings (SSSR count). The van der Waals surface area contributed by atoms with Crippen LogP contribution in [0.5, 0.6) is 0 Å². The summed E-state index contributed by atoms with van der Waals surface area (Å²) in [5.74, 6) is 0. The van der Waals surface area contributed by atoms with Gasteiger partial charge in [-0.2, -0.15) is 5.26 Å². The van der Waals surface area contributed by atoms with Gasteiger partial charge in [-0.3, -0.25) is 0 Å². The zero-order valence-electron chi connectivity index (χ0n) is 14.7. The molecule has 1 fully saturated rings. The Morgan fingerprint density at radius 1 is 1.08 bits per heavy atom. The highest BCUT2D eigenvalue weighted by molar-refractivity contribution is 5.74. The van der Waals surface area contributed by atoms with Crippen LogP contribution in [0.1, 0.15) is 36.8 Å². The molecule has 0 spiro atoms. The van der Waals surface area contributed by atoms with Gasteiger partial charge in [-0.1, -0.05) is 55.3 Å². The number of hydrogen-bond acceptors (Lipinski definition) is 3. The summed E-state index contributed by atoms with van der Waals surface area (Å²) in [4.78, 5) is 11.9. The summed E-state index contributed by atoms with van der Waals surface area (Å²) in [5, 5.41) is 25.0. The molecule has 5 heteroatoms. The summed E-state index contributed by atoms with van der Waals surface area (Å²) in [5.41, 5.74) is 2.74. The minimum absolute atomic E-state index is 0.274. The third-order valence-corrected chi connectivity index (χ3v) is 4.88. The fourth-order valence-electron chi connectivity index (χ4n) is 3.33. The maximum Gasteiger partial charge on any atom is 0.315 e. The molecule has 26 heavy (non-hydrogen) atoms. The van der Waals surface area contributed by atoms with Crippen molar-refractivity contribution in [3.8, 4) is 17.2 Å². The molecule has 5 nitrogen and oxygen atoms in total. The largest absolute Gasteiger partial charge is 0.388 e. The summed E-state index contributed by atoms with van der Waals surface area (Å²) in [7, 11) is 0. The molecular weight excluding hydrogens is 326 g/mol. The highest BCUT2D eigenvalue weighted by Crippen LogP contribution is 2.28. The van der Waals surface area contributed by atoms with E-state index < -0.39 is 5.60 Å². The van der Waals surface area contributed by atoms with E-state index in [1.165, 1.54) is 0 Å². The maximum atomic E-state index is 11.9. The molecule has 0 saturated heterocycles. The minimum atomic E-state index is -0.743. The van der Waals surface area contributed by atoms with Gasteiger partial charge in [0, 0.05) is 13.1 Å². The number of urea groups is 1. The van der Waals surface area contributed by atoms with Gasteiger partial charge < -0.3 is 15.7 Å². The molecular formula is C21H23N3O2.